The Morgan fingerprint density at radius 3 is 2.18 bits per heavy atom. The largest absolute Gasteiger partial charge is 0.491 e. The molecule has 1 heterocycles. The van der Waals surface area contributed by atoms with Crippen LogP contribution in [0.15, 0.2) is 24.3 Å². The highest BCUT2D eigenvalue weighted by atomic mass is 19.2. The highest BCUT2D eigenvalue weighted by molar-refractivity contribution is 6.06. The first-order valence-corrected chi connectivity index (χ1v) is 8.90. The van der Waals surface area contributed by atoms with Gasteiger partial charge in [-0.3, -0.25) is 4.79 Å². The van der Waals surface area contributed by atoms with E-state index in [2.05, 4.69) is 21.9 Å². The maximum atomic E-state index is 14.2. The lowest BCUT2D eigenvalue weighted by Gasteiger charge is -2.33. The number of hydrogen-bond acceptors (Lipinski definition) is 3. The molecular formula is C20H20F4N2O2. The van der Waals surface area contributed by atoms with Crippen molar-refractivity contribution >= 4 is 17.3 Å². The number of ether oxygens (including phenoxy) is 1. The van der Waals surface area contributed by atoms with E-state index in [-0.39, 0.29) is 0 Å². The van der Waals surface area contributed by atoms with Gasteiger partial charge in [-0.1, -0.05) is 19.1 Å². The monoisotopic (exact) mass is 396 g/mol. The molecule has 8 heteroatoms. The van der Waals surface area contributed by atoms with Crippen LogP contribution in [0.2, 0.25) is 0 Å². The number of amides is 1. The lowest BCUT2D eigenvalue weighted by Crippen LogP contribution is -2.33. The summed E-state index contributed by atoms with van der Waals surface area (Å²) in [5, 5.41) is 2.37. The van der Waals surface area contributed by atoms with Gasteiger partial charge in [-0.15, -0.1) is 0 Å². The Morgan fingerprint density at radius 1 is 1.04 bits per heavy atom. The van der Waals surface area contributed by atoms with E-state index in [1.54, 1.807) is 24.3 Å². The maximum absolute atomic E-state index is 14.2. The van der Waals surface area contributed by atoms with Gasteiger partial charge in [-0.25, -0.2) is 8.78 Å². The number of carbonyl (C=O) groups excluding carboxylic acids is 1. The average molecular weight is 396 g/mol. The number of benzene rings is 2. The lowest BCUT2D eigenvalue weighted by atomic mass is 9.98. The van der Waals surface area contributed by atoms with Crippen LogP contribution in [-0.2, 0) is 0 Å². The van der Waals surface area contributed by atoms with Gasteiger partial charge in [0.25, 0.3) is 5.91 Å². The van der Waals surface area contributed by atoms with Crippen LogP contribution in [0.4, 0.5) is 28.9 Å². The Bertz CT molecular complexity index is 867. The Balaban J connectivity index is 1.93. The van der Waals surface area contributed by atoms with Gasteiger partial charge in [0.05, 0.1) is 18.5 Å². The molecule has 0 aromatic heterocycles. The van der Waals surface area contributed by atoms with Crippen LogP contribution >= 0.6 is 0 Å². The van der Waals surface area contributed by atoms with Crippen molar-refractivity contribution in [3.05, 3.63) is 53.1 Å². The van der Waals surface area contributed by atoms with E-state index in [4.69, 9.17) is 0 Å². The highest BCUT2D eigenvalue weighted by Gasteiger charge is 2.30. The minimum Gasteiger partial charge on any atom is -0.491 e. The summed E-state index contributed by atoms with van der Waals surface area (Å²) in [7, 11) is 0.871. The van der Waals surface area contributed by atoms with E-state index in [0.29, 0.717) is 17.3 Å². The summed E-state index contributed by atoms with van der Waals surface area (Å²) >= 11 is 0. The van der Waals surface area contributed by atoms with Crippen molar-refractivity contribution in [2.45, 2.75) is 19.8 Å². The van der Waals surface area contributed by atoms with Gasteiger partial charge in [-0.2, -0.15) is 8.78 Å². The van der Waals surface area contributed by atoms with Crippen molar-refractivity contribution in [2.24, 2.45) is 5.92 Å². The third kappa shape index (κ3) is 3.63. The van der Waals surface area contributed by atoms with Crippen molar-refractivity contribution in [1.29, 1.82) is 0 Å². The second-order valence-electron chi connectivity index (χ2n) is 6.81. The molecule has 0 bridgehead atoms. The molecule has 2 aromatic carbocycles. The zero-order chi connectivity index (χ0) is 20.4. The van der Waals surface area contributed by atoms with Crippen LogP contribution in [0.5, 0.6) is 5.75 Å². The van der Waals surface area contributed by atoms with Gasteiger partial charge in [0.1, 0.15) is 5.56 Å². The van der Waals surface area contributed by atoms with Crippen molar-refractivity contribution < 1.29 is 27.1 Å². The Morgan fingerprint density at radius 2 is 1.61 bits per heavy atom. The van der Waals surface area contributed by atoms with E-state index in [1.807, 2.05) is 0 Å². The van der Waals surface area contributed by atoms with Gasteiger partial charge >= 0.3 is 0 Å². The molecule has 0 atom stereocenters. The van der Waals surface area contributed by atoms with E-state index in [9.17, 15) is 22.4 Å². The molecule has 0 aliphatic carbocycles. The van der Waals surface area contributed by atoms with Gasteiger partial charge in [0.15, 0.2) is 17.4 Å². The smallest absolute Gasteiger partial charge is 0.261 e. The van der Waals surface area contributed by atoms with Crippen LogP contribution in [-0.4, -0.2) is 26.1 Å². The molecular weight excluding hydrogens is 376 g/mol. The molecule has 0 spiro atoms. The number of rotatable bonds is 4. The van der Waals surface area contributed by atoms with Crippen LogP contribution in [0.25, 0.3) is 0 Å². The number of anilines is 2. The molecule has 0 saturated carbocycles. The van der Waals surface area contributed by atoms with E-state index in [1.165, 1.54) is 0 Å². The van der Waals surface area contributed by atoms with Gasteiger partial charge < -0.3 is 15.0 Å². The molecule has 1 fully saturated rings. The minimum absolute atomic E-state index is 0.303. The van der Waals surface area contributed by atoms with Crippen LogP contribution in [0, 0.1) is 29.2 Å². The SMILES string of the molecule is COc1c(F)c(F)c(C(=O)Nc2ccccc2N2CCC(C)CC2)c(F)c1F. The normalized spacial score (nSPS) is 14.9. The van der Waals surface area contributed by atoms with E-state index in [0.717, 1.165) is 33.0 Å². The third-order valence-corrected chi connectivity index (χ3v) is 4.93. The Hall–Kier alpha value is -2.77. The molecule has 1 saturated heterocycles. The first-order chi connectivity index (χ1) is 13.3. The summed E-state index contributed by atoms with van der Waals surface area (Å²) in [6.07, 6.45) is 1.95. The Labute approximate surface area is 160 Å². The van der Waals surface area contributed by atoms with Crippen molar-refractivity contribution in [3.8, 4) is 5.75 Å². The highest BCUT2D eigenvalue weighted by Crippen LogP contribution is 2.33. The lowest BCUT2D eigenvalue weighted by molar-refractivity contribution is 0.101. The third-order valence-electron chi connectivity index (χ3n) is 4.93. The van der Waals surface area contributed by atoms with Crippen molar-refractivity contribution in [3.63, 3.8) is 0 Å². The fourth-order valence-electron chi connectivity index (χ4n) is 3.28. The zero-order valence-corrected chi connectivity index (χ0v) is 15.5. The minimum atomic E-state index is -1.81. The molecule has 150 valence electrons. The average Bonchev–Trinajstić information content (AvgIpc) is 2.68. The molecule has 1 aliphatic rings. The molecule has 1 aliphatic heterocycles. The first-order valence-electron chi connectivity index (χ1n) is 8.90. The van der Waals surface area contributed by atoms with E-state index >= 15 is 0 Å². The molecule has 1 N–H and O–H groups in total. The van der Waals surface area contributed by atoms with Crippen molar-refractivity contribution in [1.82, 2.24) is 0 Å². The number of nitrogens with one attached hydrogen (secondary N) is 1. The number of methoxy groups -OCH3 is 1. The molecule has 0 radical (unpaired) electrons. The van der Waals surface area contributed by atoms with Gasteiger partial charge in [0, 0.05) is 13.1 Å². The summed E-state index contributed by atoms with van der Waals surface area (Å²) in [5.41, 5.74) is -0.353. The predicted octanol–water partition coefficient (Wildman–Crippen LogP) is 4.74. The topological polar surface area (TPSA) is 41.6 Å². The molecule has 2 aromatic rings. The quantitative estimate of drug-likeness (QED) is 0.600. The molecule has 0 unspecified atom stereocenters. The summed E-state index contributed by atoms with van der Waals surface area (Å²) in [5.74, 6) is -9.04. The summed E-state index contributed by atoms with van der Waals surface area (Å²) in [6, 6.07) is 6.76. The predicted molar refractivity (Wildman–Crippen MR) is 97.8 cm³/mol. The second-order valence-corrected chi connectivity index (χ2v) is 6.81. The van der Waals surface area contributed by atoms with Crippen LogP contribution in [0.1, 0.15) is 30.1 Å². The van der Waals surface area contributed by atoms with Gasteiger partial charge in [-0.05, 0) is 30.9 Å². The molecule has 28 heavy (non-hydrogen) atoms. The van der Waals surface area contributed by atoms with Crippen LogP contribution < -0.4 is 15.0 Å². The van der Waals surface area contributed by atoms with E-state index < -0.39 is 40.5 Å². The van der Waals surface area contributed by atoms with Gasteiger partial charge in [0.2, 0.25) is 11.6 Å². The number of para-hydroxylation sites is 2. The molecule has 1 amide bonds. The first kappa shape index (κ1) is 20.0. The number of carbonyl (C=O) groups is 1. The molecule has 4 nitrogen and oxygen atoms in total. The number of nitrogens with zero attached hydrogens (tertiary/aromatic N) is 1. The summed E-state index contributed by atoms with van der Waals surface area (Å²) < 4.78 is 60.6. The van der Waals surface area contributed by atoms with Crippen molar-refractivity contribution in [2.75, 3.05) is 30.4 Å². The fourth-order valence-corrected chi connectivity index (χ4v) is 3.28. The standard InChI is InChI=1S/C20H20F4N2O2/c1-11-7-9-26(10-8-11)13-6-4-3-5-12(13)25-20(27)14-15(21)17(23)19(28-2)18(24)16(14)22/h3-6,11H,7-10H2,1-2H3,(H,25,27). The number of halogens is 4. The number of hydrogen-bond donors (Lipinski definition) is 1. The van der Waals surface area contributed by atoms with Crippen LogP contribution in [0.3, 0.4) is 0 Å². The summed E-state index contributed by atoms with van der Waals surface area (Å²) in [6.45, 7) is 3.69. The fraction of sp³-hybridized carbons (Fsp3) is 0.350. The maximum Gasteiger partial charge on any atom is 0.261 e. The molecule has 3 rings (SSSR count). The number of piperidine rings is 1. The zero-order valence-electron chi connectivity index (χ0n) is 15.5. The summed E-state index contributed by atoms with van der Waals surface area (Å²) in [4.78, 5) is 14.5. The second kappa shape index (κ2) is 8.08. The Kier molecular flexibility index (Phi) is 5.76.